The van der Waals surface area contributed by atoms with Gasteiger partial charge >= 0.3 is 0 Å². The highest BCUT2D eigenvalue weighted by atomic mass is 32.1. The first kappa shape index (κ1) is 13.0. The molecule has 2 heterocycles. The molecule has 0 amide bonds. The zero-order valence-corrected chi connectivity index (χ0v) is 12.7. The predicted octanol–water partition coefficient (Wildman–Crippen LogP) is 5.71. The quantitative estimate of drug-likeness (QED) is 0.524. The van der Waals surface area contributed by atoms with E-state index in [1.54, 1.807) is 11.3 Å². The lowest BCUT2D eigenvalue weighted by molar-refractivity contribution is 1.42. The first-order valence-electron chi connectivity index (χ1n) is 7.16. The second-order valence-corrected chi connectivity index (χ2v) is 6.09. The van der Waals surface area contributed by atoms with Crippen LogP contribution < -0.4 is 5.32 Å². The minimum absolute atomic E-state index is 1.03. The molecule has 0 atom stereocenters. The van der Waals surface area contributed by atoms with Gasteiger partial charge in [0.1, 0.15) is 0 Å². The van der Waals surface area contributed by atoms with E-state index >= 15 is 0 Å². The van der Waals surface area contributed by atoms with Crippen molar-refractivity contribution in [3.05, 3.63) is 79.0 Å². The Balaban J connectivity index is 1.78. The van der Waals surface area contributed by atoms with Crippen molar-refractivity contribution in [2.24, 2.45) is 0 Å². The topological polar surface area (TPSA) is 24.9 Å². The van der Waals surface area contributed by atoms with Gasteiger partial charge in [-0.05, 0) is 29.8 Å². The van der Waals surface area contributed by atoms with Gasteiger partial charge in [0, 0.05) is 16.8 Å². The van der Waals surface area contributed by atoms with Gasteiger partial charge in [-0.2, -0.15) is 0 Å². The van der Waals surface area contributed by atoms with Gasteiger partial charge in [0.25, 0.3) is 0 Å². The Morgan fingerprint density at radius 3 is 2.32 bits per heavy atom. The molecular weight excluding hydrogens is 288 g/mol. The lowest BCUT2D eigenvalue weighted by Gasteiger charge is -2.06. The largest absolute Gasteiger partial charge is 0.354 e. The molecule has 22 heavy (non-hydrogen) atoms. The highest BCUT2D eigenvalue weighted by Crippen LogP contribution is 2.37. The van der Waals surface area contributed by atoms with Crippen LogP contribution in [0.1, 0.15) is 0 Å². The number of thiophene rings is 1. The smallest absolute Gasteiger partial charge is 0.0837 e. The van der Waals surface area contributed by atoms with Gasteiger partial charge in [0.2, 0.25) is 0 Å². The van der Waals surface area contributed by atoms with Crippen LogP contribution in [0.2, 0.25) is 0 Å². The van der Waals surface area contributed by atoms with Crippen molar-refractivity contribution in [3.63, 3.8) is 0 Å². The highest BCUT2D eigenvalue weighted by molar-refractivity contribution is 7.22. The van der Waals surface area contributed by atoms with Crippen molar-refractivity contribution in [1.29, 1.82) is 0 Å². The van der Waals surface area contributed by atoms with Crippen LogP contribution in [0, 0.1) is 0 Å². The average Bonchev–Trinajstić information content (AvgIpc) is 3.02. The standard InChI is InChI=1S/C19H14N2S/c1-3-7-14(8-4-1)18-13-17-19(22-18)16(11-12-20-17)21-15-9-5-2-6-10-15/h1-13H,(H,20,21). The Hall–Kier alpha value is -2.65. The molecule has 3 heteroatoms. The SMILES string of the molecule is c1ccc(Nc2ccnc3cc(-c4ccccc4)sc23)cc1. The summed E-state index contributed by atoms with van der Waals surface area (Å²) in [6.07, 6.45) is 1.86. The molecule has 4 aromatic rings. The van der Waals surface area contributed by atoms with Crippen molar-refractivity contribution < 1.29 is 0 Å². The van der Waals surface area contributed by atoms with E-state index < -0.39 is 0 Å². The first-order valence-corrected chi connectivity index (χ1v) is 7.98. The molecule has 0 bridgehead atoms. The first-order chi connectivity index (χ1) is 10.9. The van der Waals surface area contributed by atoms with E-state index in [-0.39, 0.29) is 0 Å². The Bertz CT molecular complexity index is 899. The van der Waals surface area contributed by atoms with Crippen molar-refractivity contribution in [2.75, 3.05) is 5.32 Å². The van der Waals surface area contributed by atoms with Crippen molar-refractivity contribution in [2.45, 2.75) is 0 Å². The van der Waals surface area contributed by atoms with E-state index in [2.05, 4.69) is 52.8 Å². The van der Waals surface area contributed by atoms with E-state index in [1.807, 2.05) is 36.5 Å². The Morgan fingerprint density at radius 1 is 0.818 bits per heavy atom. The summed E-state index contributed by atoms with van der Waals surface area (Å²) in [6.45, 7) is 0. The summed E-state index contributed by atoms with van der Waals surface area (Å²) in [4.78, 5) is 5.74. The van der Waals surface area contributed by atoms with Gasteiger partial charge in [-0.15, -0.1) is 11.3 Å². The van der Waals surface area contributed by atoms with E-state index in [0.29, 0.717) is 0 Å². The van der Waals surface area contributed by atoms with Gasteiger partial charge in [-0.25, -0.2) is 0 Å². The predicted molar refractivity (Wildman–Crippen MR) is 94.8 cm³/mol. The number of rotatable bonds is 3. The van der Waals surface area contributed by atoms with Crippen LogP contribution in [0.4, 0.5) is 11.4 Å². The number of hydrogen-bond donors (Lipinski definition) is 1. The van der Waals surface area contributed by atoms with E-state index in [4.69, 9.17) is 0 Å². The average molecular weight is 302 g/mol. The number of aromatic nitrogens is 1. The molecule has 2 aromatic heterocycles. The third-order valence-electron chi connectivity index (χ3n) is 3.52. The molecule has 0 saturated heterocycles. The Kier molecular flexibility index (Phi) is 3.33. The van der Waals surface area contributed by atoms with Crippen LogP contribution in [-0.2, 0) is 0 Å². The minimum Gasteiger partial charge on any atom is -0.354 e. The summed E-state index contributed by atoms with van der Waals surface area (Å²) in [7, 11) is 0. The molecule has 4 rings (SSSR count). The fourth-order valence-corrected chi connectivity index (χ4v) is 3.55. The number of nitrogens with zero attached hydrogens (tertiary/aromatic N) is 1. The third-order valence-corrected chi connectivity index (χ3v) is 4.73. The molecule has 0 radical (unpaired) electrons. The van der Waals surface area contributed by atoms with E-state index in [1.165, 1.54) is 15.1 Å². The molecule has 2 aromatic carbocycles. The van der Waals surface area contributed by atoms with Gasteiger partial charge in [0.15, 0.2) is 0 Å². The second kappa shape index (κ2) is 5.62. The number of benzene rings is 2. The Morgan fingerprint density at radius 2 is 1.55 bits per heavy atom. The summed E-state index contributed by atoms with van der Waals surface area (Å²) >= 11 is 1.77. The number of pyridine rings is 1. The minimum atomic E-state index is 1.03. The summed E-state index contributed by atoms with van der Waals surface area (Å²) in [5, 5.41) is 3.48. The summed E-state index contributed by atoms with van der Waals surface area (Å²) < 4.78 is 1.19. The Labute approximate surface area is 133 Å². The number of nitrogens with one attached hydrogen (secondary N) is 1. The van der Waals surface area contributed by atoms with Gasteiger partial charge in [-0.1, -0.05) is 48.5 Å². The maximum Gasteiger partial charge on any atom is 0.0837 e. The maximum atomic E-state index is 4.50. The van der Waals surface area contributed by atoms with Crippen LogP contribution in [0.3, 0.4) is 0 Å². The lowest BCUT2D eigenvalue weighted by Crippen LogP contribution is -1.89. The summed E-state index contributed by atoms with van der Waals surface area (Å²) in [5.74, 6) is 0. The normalized spacial score (nSPS) is 10.7. The maximum absolute atomic E-state index is 4.50. The second-order valence-electron chi connectivity index (χ2n) is 5.04. The van der Waals surface area contributed by atoms with Crippen molar-refractivity contribution in [3.8, 4) is 10.4 Å². The highest BCUT2D eigenvalue weighted by Gasteiger charge is 2.09. The van der Waals surface area contributed by atoms with Crippen LogP contribution >= 0.6 is 11.3 Å². The molecular formula is C19H14N2S. The van der Waals surface area contributed by atoms with Crippen molar-refractivity contribution >= 4 is 32.9 Å². The van der Waals surface area contributed by atoms with Gasteiger partial charge in [0.05, 0.1) is 15.9 Å². The molecule has 0 fully saturated rings. The molecule has 0 aliphatic heterocycles. The monoisotopic (exact) mass is 302 g/mol. The molecule has 0 saturated carbocycles. The number of para-hydroxylation sites is 1. The molecule has 0 spiro atoms. The molecule has 0 aliphatic rings. The van der Waals surface area contributed by atoms with Crippen molar-refractivity contribution in [1.82, 2.24) is 4.98 Å². The number of fused-ring (bicyclic) bond motifs is 1. The zero-order valence-electron chi connectivity index (χ0n) is 11.9. The molecule has 0 aliphatic carbocycles. The van der Waals surface area contributed by atoms with E-state index in [9.17, 15) is 0 Å². The molecule has 1 N–H and O–H groups in total. The molecule has 0 unspecified atom stereocenters. The van der Waals surface area contributed by atoms with Crippen LogP contribution in [0.25, 0.3) is 20.7 Å². The summed E-state index contributed by atoms with van der Waals surface area (Å²) in [5.41, 5.74) is 4.45. The summed E-state index contributed by atoms with van der Waals surface area (Å²) in [6, 6.07) is 24.8. The number of hydrogen-bond acceptors (Lipinski definition) is 3. The molecule has 2 nitrogen and oxygen atoms in total. The fourth-order valence-electron chi connectivity index (χ4n) is 2.46. The van der Waals surface area contributed by atoms with Crippen LogP contribution in [-0.4, -0.2) is 4.98 Å². The van der Waals surface area contributed by atoms with Gasteiger partial charge in [-0.3, -0.25) is 4.98 Å². The molecule has 106 valence electrons. The number of anilines is 2. The van der Waals surface area contributed by atoms with Crippen LogP contribution in [0.5, 0.6) is 0 Å². The van der Waals surface area contributed by atoms with E-state index in [0.717, 1.165) is 16.9 Å². The zero-order chi connectivity index (χ0) is 14.8. The third kappa shape index (κ3) is 2.47. The van der Waals surface area contributed by atoms with Crippen LogP contribution in [0.15, 0.2) is 79.0 Å². The van der Waals surface area contributed by atoms with Gasteiger partial charge < -0.3 is 5.32 Å². The lowest BCUT2D eigenvalue weighted by atomic mass is 10.2. The fraction of sp³-hybridized carbons (Fsp3) is 0.